The monoisotopic (exact) mass is 312 g/mol. The summed E-state index contributed by atoms with van der Waals surface area (Å²) in [5.74, 6) is 0.597. The molecule has 120 valence electrons. The Morgan fingerprint density at radius 3 is 3.22 bits per heavy atom. The van der Waals surface area contributed by atoms with Crippen molar-refractivity contribution in [3.63, 3.8) is 0 Å². The van der Waals surface area contributed by atoms with E-state index in [1.54, 1.807) is 4.68 Å². The van der Waals surface area contributed by atoms with Crippen LogP contribution < -0.4 is 10.6 Å². The third-order valence-electron chi connectivity index (χ3n) is 5.21. The third kappa shape index (κ3) is 2.50. The highest BCUT2D eigenvalue weighted by Crippen LogP contribution is 2.44. The van der Waals surface area contributed by atoms with E-state index in [1.165, 1.54) is 12.7 Å². The molecule has 4 rings (SSSR count). The Hall–Kier alpha value is -2.28. The Labute approximate surface area is 134 Å². The standard InChI is InChI=1S/C16H20N6O/c23-15(16-7-2-1-4-12(16)9-17-10-16)19-13-5-3-6-14(8-13)22-11-18-20-21-22/h3,5-6,8,11-12,17H,1-2,4,7,9-10H2,(H,19,23)/t12-,16+/m0/s1. The van der Waals surface area contributed by atoms with E-state index < -0.39 is 0 Å². The summed E-state index contributed by atoms with van der Waals surface area (Å²) in [6.07, 6.45) is 6.03. The van der Waals surface area contributed by atoms with Crippen LogP contribution in [-0.2, 0) is 4.79 Å². The second kappa shape index (κ2) is 5.73. The minimum Gasteiger partial charge on any atom is -0.325 e. The number of aromatic nitrogens is 4. The van der Waals surface area contributed by atoms with Gasteiger partial charge in [0.1, 0.15) is 6.33 Å². The topological polar surface area (TPSA) is 84.7 Å². The molecule has 7 heteroatoms. The largest absolute Gasteiger partial charge is 0.325 e. The third-order valence-corrected chi connectivity index (χ3v) is 5.21. The van der Waals surface area contributed by atoms with Gasteiger partial charge in [-0.15, -0.1) is 5.10 Å². The highest BCUT2D eigenvalue weighted by atomic mass is 16.2. The molecule has 2 aromatic rings. The summed E-state index contributed by atoms with van der Waals surface area (Å²) in [5, 5.41) is 17.7. The number of tetrazole rings is 1. The predicted molar refractivity (Wildman–Crippen MR) is 85.0 cm³/mol. The molecule has 1 aliphatic heterocycles. The van der Waals surface area contributed by atoms with Crippen molar-refractivity contribution in [1.29, 1.82) is 0 Å². The van der Waals surface area contributed by atoms with Crippen LogP contribution in [0.3, 0.4) is 0 Å². The number of amides is 1. The molecule has 1 amide bonds. The molecule has 1 saturated carbocycles. The van der Waals surface area contributed by atoms with Crippen LogP contribution in [-0.4, -0.2) is 39.2 Å². The molecular formula is C16H20N6O. The van der Waals surface area contributed by atoms with Gasteiger partial charge in [0.2, 0.25) is 5.91 Å². The minimum absolute atomic E-state index is 0.140. The van der Waals surface area contributed by atoms with Crippen molar-refractivity contribution in [2.75, 3.05) is 18.4 Å². The fraction of sp³-hybridized carbons (Fsp3) is 0.500. The Bertz CT molecular complexity index is 700. The number of benzene rings is 1. The smallest absolute Gasteiger partial charge is 0.232 e. The second-order valence-electron chi connectivity index (χ2n) is 6.49. The van der Waals surface area contributed by atoms with Crippen LogP contribution in [0.5, 0.6) is 0 Å². The first kappa shape index (κ1) is 14.3. The number of hydrogen-bond acceptors (Lipinski definition) is 5. The molecule has 23 heavy (non-hydrogen) atoms. The lowest BCUT2D eigenvalue weighted by Gasteiger charge is -2.37. The fourth-order valence-corrected chi connectivity index (χ4v) is 3.95. The van der Waals surface area contributed by atoms with Crippen LogP contribution >= 0.6 is 0 Å². The average Bonchev–Trinajstić information content (AvgIpc) is 3.25. The molecule has 2 heterocycles. The summed E-state index contributed by atoms with van der Waals surface area (Å²) in [4.78, 5) is 13.0. The van der Waals surface area contributed by atoms with Crippen molar-refractivity contribution < 1.29 is 4.79 Å². The van der Waals surface area contributed by atoms with Crippen molar-refractivity contribution in [2.24, 2.45) is 11.3 Å². The first-order chi connectivity index (χ1) is 11.3. The Morgan fingerprint density at radius 2 is 2.35 bits per heavy atom. The number of rotatable bonds is 3. The van der Waals surface area contributed by atoms with Crippen LogP contribution in [0, 0.1) is 11.3 Å². The summed E-state index contributed by atoms with van der Waals surface area (Å²) in [5.41, 5.74) is 1.37. The first-order valence-corrected chi connectivity index (χ1v) is 8.13. The van der Waals surface area contributed by atoms with Crippen molar-refractivity contribution in [1.82, 2.24) is 25.5 Å². The van der Waals surface area contributed by atoms with Crippen LogP contribution in [0.1, 0.15) is 25.7 Å². The van der Waals surface area contributed by atoms with Gasteiger partial charge >= 0.3 is 0 Å². The number of carbonyl (C=O) groups excluding carboxylic acids is 1. The maximum absolute atomic E-state index is 13.0. The quantitative estimate of drug-likeness (QED) is 0.894. The lowest BCUT2D eigenvalue weighted by Crippen LogP contribution is -2.44. The molecular weight excluding hydrogens is 292 g/mol. The Kier molecular flexibility index (Phi) is 3.57. The van der Waals surface area contributed by atoms with Crippen LogP contribution in [0.4, 0.5) is 5.69 Å². The molecule has 7 nitrogen and oxygen atoms in total. The molecule has 2 atom stereocenters. The van der Waals surface area contributed by atoms with Gasteiger partial charge in [-0.05, 0) is 53.9 Å². The van der Waals surface area contributed by atoms with Gasteiger partial charge in [0.15, 0.2) is 0 Å². The summed E-state index contributed by atoms with van der Waals surface area (Å²) >= 11 is 0. The van der Waals surface area contributed by atoms with Gasteiger partial charge in [0, 0.05) is 12.2 Å². The molecule has 0 unspecified atom stereocenters. The van der Waals surface area contributed by atoms with Gasteiger partial charge in [0.25, 0.3) is 0 Å². The van der Waals surface area contributed by atoms with Crippen molar-refractivity contribution in [2.45, 2.75) is 25.7 Å². The molecule has 1 aromatic carbocycles. The summed E-state index contributed by atoms with van der Waals surface area (Å²) in [7, 11) is 0. The number of hydrogen-bond donors (Lipinski definition) is 2. The van der Waals surface area contributed by atoms with Crippen LogP contribution in [0.15, 0.2) is 30.6 Å². The van der Waals surface area contributed by atoms with E-state index in [0.29, 0.717) is 5.92 Å². The molecule has 1 saturated heterocycles. The second-order valence-corrected chi connectivity index (χ2v) is 6.49. The molecule has 1 aliphatic carbocycles. The molecule has 0 spiro atoms. The van der Waals surface area contributed by atoms with Crippen molar-refractivity contribution in [3.8, 4) is 5.69 Å². The predicted octanol–water partition coefficient (Wildman–Crippen LogP) is 1.38. The SMILES string of the molecule is O=C(Nc1cccc(-n2cnnn2)c1)[C@@]12CCCC[C@H]1CNC2. The highest BCUT2D eigenvalue weighted by molar-refractivity contribution is 5.96. The zero-order chi connectivity index (χ0) is 15.7. The molecule has 2 aliphatic rings. The van der Waals surface area contributed by atoms with Gasteiger partial charge in [-0.1, -0.05) is 18.9 Å². The number of fused-ring (bicyclic) bond motifs is 1. The maximum Gasteiger partial charge on any atom is 0.232 e. The van der Waals surface area contributed by atoms with Crippen LogP contribution in [0.2, 0.25) is 0 Å². The van der Waals surface area contributed by atoms with E-state index in [2.05, 4.69) is 26.2 Å². The number of carbonyl (C=O) groups is 1. The van der Waals surface area contributed by atoms with E-state index in [-0.39, 0.29) is 11.3 Å². The maximum atomic E-state index is 13.0. The van der Waals surface area contributed by atoms with Gasteiger partial charge in [0.05, 0.1) is 11.1 Å². The lowest BCUT2D eigenvalue weighted by molar-refractivity contribution is -0.128. The Balaban J connectivity index is 1.56. The van der Waals surface area contributed by atoms with E-state index >= 15 is 0 Å². The van der Waals surface area contributed by atoms with Gasteiger partial charge in [-0.2, -0.15) is 0 Å². The molecule has 2 fully saturated rings. The Morgan fingerprint density at radius 1 is 1.39 bits per heavy atom. The van der Waals surface area contributed by atoms with Crippen molar-refractivity contribution in [3.05, 3.63) is 30.6 Å². The molecule has 0 radical (unpaired) electrons. The van der Waals surface area contributed by atoms with Crippen LogP contribution in [0.25, 0.3) is 5.69 Å². The zero-order valence-electron chi connectivity index (χ0n) is 12.9. The minimum atomic E-state index is -0.247. The van der Waals surface area contributed by atoms with E-state index in [0.717, 1.165) is 43.7 Å². The first-order valence-electron chi connectivity index (χ1n) is 8.13. The normalized spacial score (nSPS) is 26.7. The summed E-state index contributed by atoms with van der Waals surface area (Å²) in [6, 6.07) is 7.61. The average molecular weight is 312 g/mol. The fourth-order valence-electron chi connectivity index (χ4n) is 3.95. The summed E-state index contributed by atoms with van der Waals surface area (Å²) < 4.78 is 1.58. The molecule has 2 N–H and O–H groups in total. The lowest BCUT2D eigenvalue weighted by atomic mass is 9.67. The van der Waals surface area contributed by atoms with Gasteiger partial charge in [-0.25, -0.2) is 4.68 Å². The van der Waals surface area contributed by atoms with Gasteiger partial charge in [-0.3, -0.25) is 4.79 Å². The van der Waals surface area contributed by atoms with E-state index in [4.69, 9.17) is 0 Å². The van der Waals surface area contributed by atoms with E-state index in [1.807, 2.05) is 24.3 Å². The number of nitrogens with one attached hydrogen (secondary N) is 2. The van der Waals surface area contributed by atoms with Crippen molar-refractivity contribution >= 4 is 11.6 Å². The summed E-state index contributed by atoms with van der Waals surface area (Å²) in [6.45, 7) is 1.74. The number of nitrogens with zero attached hydrogens (tertiary/aromatic N) is 4. The molecule has 1 aromatic heterocycles. The van der Waals surface area contributed by atoms with Gasteiger partial charge < -0.3 is 10.6 Å². The number of anilines is 1. The van der Waals surface area contributed by atoms with E-state index in [9.17, 15) is 4.79 Å². The molecule has 0 bridgehead atoms. The zero-order valence-corrected chi connectivity index (χ0v) is 12.9. The highest BCUT2D eigenvalue weighted by Gasteiger charge is 2.49.